The SMILES string of the molecule is CC(=Nc1ccc(S(=O)(=O)Nc2ccc(Cl)nn2)cc1)c1c(C)[nH]n(-c2nc3ccccc3s2)c1=O. The van der Waals surface area contributed by atoms with Crippen LogP contribution >= 0.6 is 22.9 Å². The zero-order chi connectivity index (χ0) is 25.4. The van der Waals surface area contributed by atoms with E-state index in [4.69, 9.17) is 11.6 Å². The maximum absolute atomic E-state index is 13.2. The Balaban J connectivity index is 1.41. The van der Waals surface area contributed by atoms with Crippen LogP contribution in [0.2, 0.25) is 5.15 Å². The highest BCUT2D eigenvalue weighted by Crippen LogP contribution is 2.24. The minimum absolute atomic E-state index is 0.0202. The molecule has 36 heavy (non-hydrogen) atoms. The number of hydrogen-bond acceptors (Lipinski definition) is 8. The van der Waals surface area contributed by atoms with Crippen molar-refractivity contribution in [2.24, 2.45) is 4.99 Å². The van der Waals surface area contributed by atoms with E-state index >= 15 is 0 Å². The van der Waals surface area contributed by atoms with Crippen LogP contribution in [0.3, 0.4) is 0 Å². The molecule has 0 spiro atoms. The first-order chi connectivity index (χ1) is 17.2. The summed E-state index contributed by atoms with van der Waals surface area (Å²) in [4.78, 5) is 22.3. The molecule has 0 bridgehead atoms. The van der Waals surface area contributed by atoms with E-state index in [0.717, 1.165) is 10.2 Å². The van der Waals surface area contributed by atoms with Crippen LogP contribution in [-0.4, -0.2) is 39.1 Å². The van der Waals surface area contributed by atoms with Gasteiger partial charge in [-0.15, -0.1) is 10.2 Å². The summed E-state index contributed by atoms with van der Waals surface area (Å²) in [5.74, 6) is 0.0460. The van der Waals surface area contributed by atoms with Gasteiger partial charge in [-0.3, -0.25) is 19.6 Å². The summed E-state index contributed by atoms with van der Waals surface area (Å²) < 4.78 is 30.0. The summed E-state index contributed by atoms with van der Waals surface area (Å²) in [7, 11) is -3.88. The number of H-pyrrole nitrogens is 1. The molecule has 2 N–H and O–H groups in total. The number of aliphatic imine (C=N–C) groups is 1. The van der Waals surface area contributed by atoms with E-state index in [0.29, 0.717) is 27.8 Å². The Morgan fingerprint density at radius 1 is 1.08 bits per heavy atom. The van der Waals surface area contributed by atoms with E-state index in [1.807, 2.05) is 24.3 Å². The average molecular weight is 540 g/mol. The van der Waals surface area contributed by atoms with Crippen LogP contribution in [0.15, 0.2) is 75.3 Å². The van der Waals surface area contributed by atoms with E-state index in [9.17, 15) is 13.2 Å². The van der Waals surface area contributed by atoms with Crippen molar-refractivity contribution in [3.63, 3.8) is 0 Å². The Morgan fingerprint density at radius 3 is 2.53 bits per heavy atom. The van der Waals surface area contributed by atoms with E-state index in [1.54, 1.807) is 26.0 Å². The number of nitrogens with one attached hydrogen (secondary N) is 2. The molecular formula is C23H18ClN7O3S2. The second-order valence-corrected chi connectivity index (χ2v) is 10.8. The summed E-state index contributed by atoms with van der Waals surface area (Å²) in [6.07, 6.45) is 0. The van der Waals surface area contributed by atoms with Gasteiger partial charge in [0, 0.05) is 5.69 Å². The molecule has 0 aliphatic heterocycles. The summed E-state index contributed by atoms with van der Waals surface area (Å²) in [5.41, 5.74) is 2.60. The van der Waals surface area contributed by atoms with Crippen molar-refractivity contribution in [2.75, 3.05) is 4.72 Å². The molecule has 10 nitrogen and oxygen atoms in total. The van der Waals surface area contributed by atoms with E-state index in [-0.39, 0.29) is 21.4 Å². The number of sulfonamides is 1. The topological polar surface area (TPSA) is 135 Å². The van der Waals surface area contributed by atoms with Crippen molar-refractivity contribution in [1.29, 1.82) is 0 Å². The van der Waals surface area contributed by atoms with Gasteiger partial charge in [-0.25, -0.2) is 13.4 Å². The van der Waals surface area contributed by atoms with Crippen molar-refractivity contribution in [3.8, 4) is 5.13 Å². The number of anilines is 1. The molecule has 13 heteroatoms. The highest BCUT2D eigenvalue weighted by molar-refractivity contribution is 7.92. The number of thiazole rings is 1. The summed E-state index contributed by atoms with van der Waals surface area (Å²) in [5, 5.41) is 11.1. The second kappa shape index (κ2) is 9.30. The number of aromatic amines is 1. The van der Waals surface area contributed by atoms with Gasteiger partial charge in [-0.2, -0.15) is 4.68 Å². The van der Waals surface area contributed by atoms with Crippen LogP contribution < -0.4 is 10.3 Å². The molecule has 0 radical (unpaired) electrons. The first-order valence-electron chi connectivity index (χ1n) is 10.6. The molecule has 0 aliphatic carbocycles. The standard InChI is InChI=1S/C23H18ClN7O3S2/c1-13(21-14(2)29-31(22(21)32)23-26-17-5-3-4-6-18(17)35-23)25-15-7-9-16(10-8-15)36(33,34)30-20-12-11-19(24)27-28-20/h3-12,29H,1-2H3,(H,28,30). The lowest BCUT2D eigenvalue weighted by molar-refractivity contribution is 0.601. The fraction of sp³-hybridized carbons (Fsp3) is 0.0870. The smallest absolute Gasteiger partial charge is 0.282 e. The number of fused-ring (bicyclic) bond motifs is 1. The minimum Gasteiger partial charge on any atom is -0.293 e. The third-order valence-electron chi connectivity index (χ3n) is 5.22. The van der Waals surface area contributed by atoms with Gasteiger partial charge in [0.15, 0.2) is 11.0 Å². The van der Waals surface area contributed by atoms with Crippen LogP contribution in [0.5, 0.6) is 0 Å². The Bertz CT molecular complexity index is 1740. The number of aryl methyl sites for hydroxylation is 1. The predicted molar refractivity (Wildman–Crippen MR) is 140 cm³/mol. The summed E-state index contributed by atoms with van der Waals surface area (Å²) in [6, 6.07) is 16.5. The molecule has 0 atom stereocenters. The van der Waals surface area contributed by atoms with E-state index in [2.05, 4.69) is 30.0 Å². The third-order valence-corrected chi connectivity index (χ3v) is 7.82. The summed E-state index contributed by atoms with van der Waals surface area (Å²) in [6.45, 7) is 3.52. The largest absolute Gasteiger partial charge is 0.293 e. The predicted octanol–water partition coefficient (Wildman–Crippen LogP) is 4.47. The fourth-order valence-corrected chi connectivity index (χ4v) is 5.60. The van der Waals surface area contributed by atoms with Crippen LogP contribution in [0.1, 0.15) is 18.2 Å². The fourth-order valence-electron chi connectivity index (χ4n) is 3.58. The van der Waals surface area contributed by atoms with Crippen LogP contribution in [0, 0.1) is 6.92 Å². The van der Waals surface area contributed by atoms with Gasteiger partial charge < -0.3 is 0 Å². The number of nitrogens with zero attached hydrogens (tertiary/aromatic N) is 5. The molecule has 0 saturated heterocycles. The molecule has 5 aromatic rings. The van der Waals surface area contributed by atoms with Crippen LogP contribution in [-0.2, 0) is 10.0 Å². The zero-order valence-corrected chi connectivity index (χ0v) is 21.3. The molecular weight excluding hydrogens is 522 g/mol. The van der Waals surface area contributed by atoms with Crippen molar-refractivity contribution in [2.45, 2.75) is 18.7 Å². The molecule has 3 aromatic heterocycles. The number of hydrogen-bond donors (Lipinski definition) is 2. The highest BCUT2D eigenvalue weighted by atomic mass is 35.5. The lowest BCUT2D eigenvalue weighted by Gasteiger charge is -2.07. The van der Waals surface area contributed by atoms with Crippen molar-refractivity contribution in [1.82, 2.24) is 25.0 Å². The number of halogens is 1. The number of aromatic nitrogens is 5. The molecule has 2 aromatic carbocycles. The van der Waals surface area contributed by atoms with Gasteiger partial charge in [-0.05, 0) is 62.4 Å². The minimum atomic E-state index is -3.88. The molecule has 0 fully saturated rings. The Morgan fingerprint density at radius 2 is 1.83 bits per heavy atom. The maximum atomic E-state index is 13.2. The average Bonchev–Trinajstić information content (AvgIpc) is 3.40. The number of para-hydroxylation sites is 1. The first kappa shape index (κ1) is 23.9. The van der Waals surface area contributed by atoms with Gasteiger partial charge in [0.1, 0.15) is 0 Å². The van der Waals surface area contributed by atoms with Gasteiger partial charge in [0.05, 0.1) is 32.1 Å². The van der Waals surface area contributed by atoms with Gasteiger partial charge in [0.2, 0.25) is 5.13 Å². The van der Waals surface area contributed by atoms with Crippen molar-refractivity contribution in [3.05, 3.63) is 87.4 Å². The molecule has 0 amide bonds. The highest BCUT2D eigenvalue weighted by Gasteiger charge is 2.18. The lowest BCUT2D eigenvalue weighted by Crippen LogP contribution is -2.19. The molecule has 0 aliphatic rings. The zero-order valence-electron chi connectivity index (χ0n) is 18.9. The Hall–Kier alpha value is -3.87. The number of benzene rings is 2. The third kappa shape index (κ3) is 4.65. The normalized spacial score (nSPS) is 12.2. The van der Waals surface area contributed by atoms with Crippen LogP contribution in [0.25, 0.3) is 15.3 Å². The quantitative estimate of drug-likeness (QED) is 0.306. The van der Waals surface area contributed by atoms with Crippen LogP contribution in [0.4, 0.5) is 11.5 Å². The van der Waals surface area contributed by atoms with E-state index in [1.165, 1.54) is 40.3 Å². The second-order valence-electron chi connectivity index (χ2n) is 7.75. The van der Waals surface area contributed by atoms with E-state index < -0.39 is 10.0 Å². The van der Waals surface area contributed by atoms with Gasteiger partial charge in [0.25, 0.3) is 15.6 Å². The van der Waals surface area contributed by atoms with Crippen molar-refractivity contribution >= 4 is 60.4 Å². The first-order valence-corrected chi connectivity index (χ1v) is 13.2. The van der Waals surface area contributed by atoms with Crippen molar-refractivity contribution < 1.29 is 8.42 Å². The molecule has 0 saturated carbocycles. The Kier molecular flexibility index (Phi) is 6.16. The monoisotopic (exact) mass is 539 g/mol. The lowest BCUT2D eigenvalue weighted by atomic mass is 10.2. The Labute approximate surface area is 214 Å². The molecule has 182 valence electrons. The van der Waals surface area contributed by atoms with Gasteiger partial charge >= 0.3 is 0 Å². The van der Waals surface area contributed by atoms with Gasteiger partial charge in [-0.1, -0.05) is 35.1 Å². The molecule has 5 rings (SSSR count). The summed E-state index contributed by atoms with van der Waals surface area (Å²) >= 11 is 7.09. The maximum Gasteiger partial charge on any atom is 0.282 e. The number of rotatable bonds is 6. The molecule has 0 unspecified atom stereocenters. The molecule has 3 heterocycles.